The second-order valence-electron chi connectivity index (χ2n) is 5.65. The molecular formula is C16H19N5S. The van der Waals surface area contributed by atoms with Crippen molar-refractivity contribution in [3.05, 3.63) is 40.8 Å². The number of benzene rings is 1. The molecule has 0 amide bonds. The van der Waals surface area contributed by atoms with Crippen molar-refractivity contribution in [1.82, 2.24) is 19.9 Å². The third-order valence-electron chi connectivity index (χ3n) is 4.35. The number of fused-ring (bicyclic) bond motifs is 1. The summed E-state index contributed by atoms with van der Waals surface area (Å²) in [5.74, 6) is 0.989. The highest BCUT2D eigenvalue weighted by Crippen LogP contribution is 2.25. The summed E-state index contributed by atoms with van der Waals surface area (Å²) >= 11 is 1.74. The number of hydrogen-bond donors (Lipinski definition) is 1. The summed E-state index contributed by atoms with van der Waals surface area (Å²) in [6.07, 6.45) is 1.89. The molecule has 3 aromatic rings. The minimum Gasteiger partial charge on any atom is -0.340 e. The van der Waals surface area contributed by atoms with Crippen LogP contribution in [0, 0.1) is 0 Å². The Balaban J connectivity index is 1.45. The van der Waals surface area contributed by atoms with Crippen molar-refractivity contribution >= 4 is 28.3 Å². The van der Waals surface area contributed by atoms with Crippen LogP contribution in [-0.2, 0) is 0 Å². The van der Waals surface area contributed by atoms with E-state index in [1.54, 1.807) is 11.3 Å². The van der Waals surface area contributed by atoms with Gasteiger partial charge in [0.15, 0.2) is 0 Å². The number of para-hydroxylation sites is 2. The maximum absolute atomic E-state index is 4.70. The fraction of sp³-hybridized carbons (Fsp3) is 0.375. The van der Waals surface area contributed by atoms with E-state index in [1.807, 2.05) is 18.3 Å². The zero-order valence-corrected chi connectivity index (χ0v) is 13.4. The Bertz CT molecular complexity index is 710. The highest BCUT2D eigenvalue weighted by molar-refractivity contribution is 7.09. The molecule has 1 aromatic carbocycles. The van der Waals surface area contributed by atoms with Gasteiger partial charge in [-0.15, -0.1) is 11.3 Å². The summed E-state index contributed by atoms with van der Waals surface area (Å²) in [6, 6.07) is 8.60. The number of H-pyrrole nitrogens is 1. The van der Waals surface area contributed by atoms with E-state index in [2.05, 4.69) is 44.2 Å². The summed E-state index contributed by atoms with van der Waals surface area (Å²) in [4.78, 5) is 17.4. The van der Waals surface area contributed by atoms with Gasteiger partial charge in [-0.3, -0.25) is 4.90 Å². The van der Waals surface area contributed by atoms with Gasteiger partial charge in [-0.2, -0.15) is 0 Å². The van der Waals surface area contributed by atoms with Gasteiger partial charge in [0.1, 0.15) is 5.01 Å². The van der Waals surface area contributed by atoms with E-state index in [0.717, 1.165) is 43.2 Å². The molecule has 1 aliphatic heterocycles. The molecule has 4 rings (SSSR count). The number of nitrogens with one attached hydrogen (secondary N) is 1. The Morgan fingerprint density at radius 2 is 2.00 bits per heavy atom. The summed E-state index contributed by atoms with van der Waals surface area (Å²) < 4.78 is 0. The van der Waals surface area contributed by atoms with Gasteiger partial charge in [0.2, 0.25) is 5.95 Å². The second kappa shape index (κ2) is 5.70. The Morgan fingerprint density at radius 1 is 1.18 bits per heavy atom. The van der Waals surface area contributed by atoms with Gasteiger partial charge in [0.25, 0.3) is 0 Å². The molecule has 0 radical (unpaired) electrons. The molecule has 2 aromatic heterocycles. The number of hydrogen-bond acceptors (Lipinski definition) is 5. The number of aromatic amines is 1. The molecule has 5 nitrogen and oxygen atoms in total. The third-order valence-corrected chi connectivity index (χ3v) is 5.29. The zero-order chi connectivity index (χ0) is 14.9. The van der Waals surface area contributed by atoms with Crippen LogP contribution in [0.1, 0.15) is 18.0 Å². The van der Waals surface area contributed by atoms with Gasteiger partial charge in [0, 0.05) is 37.8 Å². The Kier molecular flexibility index (Phi) is 3.56. The molecule has 22 heavy (non-hydrogen) atoms. The van der Waals surface area contributed by atoms with Gasteiger partial charge < -0.3 is 9.88 Å². The molecule has 0 saturated carbocycles. The van der Waals surface area contributed by atoms with Crippen LogP contribution in [-0.4, -0.2) is 46.0 Å². The van der Waals surface area contributed by atoms with Gasteiger partial charge in [-0.05, 0) is 19.1 Å². The lowest BCUT2D eigenvalue weighted by Gasteiger charge is -2.37. The number of nitrogens with zero attached hydrogens (tertiary/aromatic N) is 4. The van der Waals surface area contributed by atoms with Gasteiger partial charge >= 0.3 is 0 Å². The lowest BCUT2D eigenvalue weighted by Crippen LogP contribution is -2.47. The van der Waals surface area contributed by atoms with E-state index in [4.69, 9.17) is 4.98 Å². The topological polar surface area (TPSA) is 48.1 Å². The van der Waals surface area contributed by atoms with Gasteiger partial charge in [-0.1, -0.05) is 12.1 Å². The number of anilines is 1. The number of imidazole rings is 1. The fourth-order valence-electron chi connectivity index (χ4n) is 3.01. The van der Waals surface area contributed by atoms with Crippen molar-refractivity contribution in [2.75, 3.05) is 31.1 Å². The molecule has 1 fully saturated rings. The predicted octanol–water partition coefficient (Wildman–Crippen LogP) is 2.90. The molecule has 1 aliphatic rings. The number of rotatable bonds is 3. The van der Waals surface area contributed by atoms with Crippen LogP contribution < -0.4 is 4.90 Å². The van der Waals surface area contributed by atoms with Crippen LogP contribution in [0.4, 0.5) is 5.95 Å². The lowest BCUT2D eigenvalue weighted by atomic mass is 10.2. The normalized spacial score (nSPS) is 18.0. The van der Waals surface area contributed by atoms with Crippen molar-refractivity contribution in [3.63, 3.8) is 0 Å². The fourth-order valence-corrected chi connectivity index (χ4v) is 3.74. The maximum Gasteiger partial charge on any atom is 0.203 e. The molecule has 0 aliphatic carbocycles. The van der Waals surface area contributed by atoms with Crippen molar-refractivity contribution in [2.45, 2.75) is 13.0 Å². The molecule has 3 heterocycles. The van der Waals surface area contributed by atoms with Crippen LogP contribution in [0.15, 0.2) is 35.8 Å². The first-order valence-corrected chi connectivity index (χ1v) is 8.52. The van der Waals surface area contributed by atoms with Crippen molar-refractivity contribution in [1.29, 1.82) is 0 Å². The summed E-state index contributed by atoms with van der Waals surface area (Å²) in [7, 11) is 0. The Hall–Kier alpha value is -1.92. The number of aromatic nitrogens is 3. The van der Waals surface area contributed by atoms with E-state index < -0.39 is 0 Å². The van der Waals surface area contributed by atoms with Crippen molar-refractivity contribution in [3.8, 4) is 0 Å². The molecule has 1 unspecified atom stereocenters. The van der Waals surface area contributed by atoms with E-state index in [0.29, 0.717) is 6.04 Å². The first kappa shape index (κ1) is 13.7. The first-order chi connectivity index (χ1) is 10.8. The van der Waals surface area contributed by atoms with Crippen LogP contribution >= 0.6 is 11.3 Å². The summed E-state index contributed by atoms with van der Waals surface area (Å²) in [5.41, 5.74) is 2.15. The van der Waals surface area contributed by atoms with Gasteiger partial charge in [-0.25, -0.2) is 9.97 Å². The highest BCUT2D eigenvalue weighted by Gasteiger charge is 2.24. The largest absolute Gasteiger partial charge is 0.340 e. The minimum absolute atomic E-state index is 0.401. The van der Waals surface area contributed by atoms with E-state index >= 15 is 0 Å². The first-order valence-electron chi connectivity index (χ1n) is 7.64. The molecule has 1 atom stereocenters. The molecule has 0 bridgehead atoms. The number of thiazole rings is 1. The molecule has 1 saturated heterocycles. The standard InChI is InChI=1S/C16H19N5S/c1-12(15-17-6-11-22-15)20-7-9-21(10-8-20)16-18-13-4-2-3-5-14(13)19-16/h2-6,11-12H,7-10H2,1H3,(H,18,19). The van der Waals surface area contributed by atoms with E-state index in [9.17, 15) is 0 Å². The predicted molar refractivity (Wildman–Crippen MR) is 90.4 cm³/mol. The molecule has 114 valence electrons. The average molecular weight is 313 g/mol. The third kappa shape index (κ3) is 2.48. The van der Waals surface area contributed by atoms with Crippen molar-refractivity contribution in [2.24, 2.45) is 0 Å². The average Bonchev–Trinajstić information content (AvgIpc) is 3.23. The molecular weight excluding hydrogens is 294 g/mol. The molecule has 1 N–H and O–H groups in total. The van der Waals surface area contributed by atoms with Crippen LogP contribution in [0.5, 0.6) is 0 Å². The van der Waals surface area contributed by atoms with E-state index in [1.165, 1.54) is 5.01 Å². The van der Waals surface area contributed by atoms with Crippen LogP contribution in [0.2, 0.25) is 0 Å². The highest BCUT2D eigenvalue weighted by atomic mass is 32.1. The number of piperazine rings is 1. The Morgan fingerprint density at radius 3 is 2.73 bits per heavy atom. The summed E-state index contributed by atoms with van der Waals surface area (Å²) in [5, 5.41) is 3.26. The van der Waals surface area contributed by atoms with Crippen molar-refractivity contribution < 1.29 is 0 Å². The van der Waals surface area contributed by atoms with Crippen LogP contribution in [0.3, 0.4) is 0 Å². The zero-order valence-electron chi connectivity index (χ0n) is 12.6. The van der Waals surface area contributed by atoms with Crippen LogP contribution in [0.25, 0.3) is 11.0 Å². The maximum atomic E-state index is 4.70. The van der Waals surface area contributed by atoms with E-state index in [-0.39, 0.29) is 0 Å². The minimum atomic E-state index is 0.401. The SMILES string of the molecule is CC(c1nccs1)N1CCN(c2nc3ccccc3[nH]2)CC1. The summed E-state index contributed by atoms with van der Waals surface area (Å²) in [6.45, 7) is 6.32. The second-order valence-corrected chi connectivity index (χ2v) is 6.57. The quantitative estimate of drug-likeness (QED) is 0.808. The monoisotopic (exact) mass is 313 g/mol. The lowest BCUT2D eigenvalue weighted by molar-refractivity contribution is 0.197. The smallest absolute Gasteiger partial charge is 0.203 e. The van der Waals surface area contributed by atoms with Gasteiger partial charge in [0.05, 0.1) is 17.1 Å². The molecule has 0 spiro atoms. The molecule has 6 heteroatoms. The Labute approximate surface area is 133 Å².